The summed E-state index contributed by atoms with van der Waals surface area (Å²) in [4.78, 5) is 35.7. The molecule has 0 aliphatic rings. The minimum absolute atomic E-state index is 0.0684. The number of esters is 1. The van der Waals surface area contributed by atoms with Crippen molar-refractivity contribution >= 4 is 29.4 Å². The van der Waals surface area contributed by atoms with Gasteiger partial charge >= 0.3 is 5.97 Å². The Morgan fingerprint density at radius 2 is 1.81 bits per heavy atom. The maximum absolute atomic E-state index is 12.1. The van der Waals surface area contributed by atoms with Gasteiger partial charge in [0.15, 0.2) is 6.61 Å². The minimum atomic E-state index is -0.870. The highest BCUT2D eigenvalue weighted by Gasteiger charge is 2.16. The lowest BCUT2D eigenvalue weighted by atomic mass is 10.1. The first-order valence-corrected chi connectivity index (χ1v) is 8.09. The average Bonchev–Trinajstić information content (AvgIpc) is 2.64. The summed E-state index contributed by atoms with van der Waals surface area (Å²) < 4.78 is 9.86. The number of aromatic hydroxyl groups is 1. The zero-order valence-corrected chi connectivity index (χ0v) is 15.3. The smallest absolute Gasteiger partial charge is 0.342 e. The number of halogens is 1. The maximum atomic E-state index is 12.1. The van der Waals surface area contributed by atoms with Gasteiger partial charge in [0.1, 0.15) is 17.1 Å². The first kappa shape index (κ1) is 20.1. The van der Waals surface area contributed by atoms with Crippen molar-refractivity contribution in [3.63, 3.8) is 0 Å². The molecular formula is C18H17ClN2O6. The molecule has 0 aromatic heterocycles. The van der Waals surface area contributed by atoms with Crippen LogP contribution in [0.15, 0.2) is 36.4 Å². The fourth-order valence-electron chi connectivity index (χ4n) is 2.11. The molecule has 0 radical (unpaired) electrons. The van der Waals surface area contributed by atoms with Crippen LogP contribution in [-0.4, -0.2) is 36.6 Å². The standard InChI is InChI=1S/C18H17ClN2O6/c1-10-3-5-12(14(22)7-10)18(25)27-9-16(23)20-21-17(24)13-8-11(19)4-6-15(13)26-2/h3-8,22H,9H2,1-2H3,(H,20,23)(H,21,24). The summed E-state index contributed by atoms with van der Waals surface area (Å²) in [5.41, 5.74) is 5.08. The third-order valence-electron chi connectivity index (χ3n) is 3.43. The molecule has 0 atom stereocenters. The average molecular weight is 393 g/mol. The van der Waals surface area contributed by atoms with Gasteiger partial charge in [-0.05, 0) is 42.8 Å². The van der Waals surface area contributed by atoms with Gasteiger partial charge in [-0.15, -0.1) is 0 Å². The molecule has 9 heteroatoms. The van der Waals surface area contributed by atoms with Gasteiger partial charge in [0, 0.05) is 5.02 Å². The van der Waals surface area contributed by atoms with Gasteiger partial charge in [-0.2, -0.15) is 0 Å². The Labute approximate surface area is 160 Å². The molecule has 8 nitrogen and oxygen atoms in total. The highest BCUT2D eigenvalue weighted by Crippen LogP contribution is 2.22. The van der Waals surface area contributed by atoms with Gasteiger partial charge < -0.3 is 14.6 Å². The van der Waals surface area contributed by atoms with E-state index in [-0.39, 0.29) is 22.6 Å². The number of rotatable bonds is 5. The van der Waals surface area contributed by atoms with Crippen LogP contribution < -0.4 is 15.6 Å². The molecule has 2 aromatic carbocycles. The summed E-state index contributed by atoms with van der Waals surface area (Å²) in [5.74, 6) is -2.28. The van der Waals surface area contributed by atoms with Gasteiger partial charge in [-0.1, -0.05) is 17.7 Å². The zero-order valence-electron chi connectivity index (χ0n) is 14.5. The van der Waals surface area contributed by atoms with Crippen LogP contribution in [0.1, 0.15) is 26.3 Å². The third-order valence-corrected chi connectivity index (χ3v) is 3.66. The van der Waals surface area contributed by atoms with Crippen LogP contribution in [-0.2, 0) is 9.53 Å². The maximum Gasteiger partial charge on any atom is 0.342 e. The summed E-state index contributed by atoms with van der Waals surface area (Å²) >= 11 is 5.85. The Balaban J connectivity index is 1.88. The van der Waals surface area contributed by atoms with Crippen molar-refractivity contribution < 1.29 is 29.0 Å². The highest BCUT2D eigenvalue weighted by molar-refractivity contribution is 6.31. The molecule has 2 aromatic rings. The predicted octanol–water partition coefficient (Wildman–Crippen LogP) is 1.98. The van der Waals surface area contributed by atoms with E-state index in [0.717, 1.165) is 5.56 Å². The van der Waals surface area contributed by atoms with E-state index in [2.05, 4.69) is 10.9 Å². The number of phenols is 1. The van der Waals surface area contributed by atoms with Crippen LogP contribution in [0.3, 0.4) is 0 Å². The molecule has 27 heavy (non-hydrogen) atoms. The Morgan fingerprint density at radius 3 is 2.48 bits per heavy atom. The highest BCUT2D eigenvalue weighted by atomic mass is 35.5. The molecule has 2 amide bonds. The largest absolute Gasteiger partial charge is 0.507 e. The van der Waals surface area contributed by atoms with Crippen LogP contribution in [0.4, 0.5) is 0 Å². The number of hydrogen-bond acceptors (Lipinski definition) is 6. The fourth-order valence-corrected chi connectivity index (χ4v) is 2.28. The SMILES string of the molecule is COc1ccc(Cl)cc1C(=O)NNC(=O)COC(=O)c1ccc(C)cc1O. The normalized spacial score (nSPS) is 10.0. The molecule has 0 unspecified atom stereocenters. The van der Waals surface area contributed by atoms with Crippen molar-refractivity contribution in [2.24, 2.45) is 0 Å². The molecule has 0 aliphatic carbocycles. The van der Waals surface area contributed by atoms with Crippen molar-refractivity contribution in [1.29, 1.82) is 0 Å². The first-order valence-electron chi connectivity index (χ1n) is 7.71. The number of aryl methyl sites for hydroxylation is 1. The van der Waals surface area contributed by atoms with E-state index in [1.165, 1.54) is 31.4 Å². The summed E-state index contributed by atoms with van der Waals surface area (Å²) in [6, 6.07) is 8.84. The Morgan fingerprint density at radius 1 is 1.07 bits per heavy atom. The Bertz CT molecular complexity index is 884. The van der Waals surface area contributed by atoms with E-state index in [9.17, 15) is 19.5 Å². The molecule has 0 bridgehead atoms. The number of phenolic OH excluding ortho intramolecular Hbond substituents is 1. The number of methoxy groups -OCH3 is 1. The van der Waals surface area contributed by atoms with Crippen LogP contribution in [0, 0.1) is 6.92 Å². The van der Waals surface area contributed by atoms with E-state index in [1.54, 1.807) is 19.1 Å². The van der Waals surface area contributed by atoms with Gasteiger partial charge in [-0.3, -0.25) is 20.4 Å². The van der Waals surface area contributed by atoms with Crippen LogP contribution in [0.5, 0.6) is 11.5 Å². The monoisotopic (exact) mass is 392 g/mol. The number of benzene rings is 2. The van der Waals surface area contributed by atoms with Gasteiger partial charge in [-0.25, -0.2) is 4.79 Å². The summed E-state index contributed by atoms with van der Waals surface area (Å²) in [6.07, 6.45) is 0. The summed E-state index contributed by atoms with van der Waals surface area (Å²) in [6.45, 7) is 1.10. The number of amides is 2. The lowest BCUT2D eigenvalue weighted by molar-refractivity contribution is -0.125. The molecule has 2 rings (SSSR count). The van der Waals surface area contributed by atoms with Crippen LogP contribution in [0.2, 0.25) is 5.02 Å². The van der Waals surface area contributed by atoms with Crippen molar-refractivity contribution in [3.05, 3.63) is 58.1 Å². The van der Waals surface area contributed by atoms with Crippen molar-refractivity contribution in [3.8, 4) is 11.5 Å². The fraction of sp³-hybridized carbons (Fsp3) is 0.167. The molecule has 0 heterocycles. The van der Waals surface area contributed by atoms with E-state index in [1.807, 2.05) is 0 Å². The van der Waals surface area contributed by atoms with E-state index >= 15 is 0 Å². The number of hydrazine groups is 1. The van der Waals surface area contributed by atoms with Crippen LogP contribution in [0.25, 0.3) is 0 Å². The molecule has 142 valence electrons. The van der Waals surface area contributed by atoms with Crippen LogP contribution >= 0.6 is 11.6 Å². The summed E-state index contributed by atoms with van der Waals surface area (Å²) in [7, 11) is 1.39. The topological polar surface area (TPSA) is 114 Å². The van der Waals surface area contributed by atoms with Gasteiger partial charge in [0.25, 0.3) is 11.8 Å². The van der Waals surface area contributed by atoms with Gasteiger partial charge in [0.05, 0.1) is 12.7 Å². The second-order valence-electron chi connectivity index (χ2n) is 5.44. The second kappa shape index (κ2) is 8.91. The summed E-state index contributed by atoms with van der Waals surface area (Å²) in [5, 5.41) is 10.0. The minimum Gasteiger partial charge on any atom is -0.507 e. The van der Waals surface area contributed by atoms with Crippen molar-refractivity contribution in [1.82, 2.24) is 10.9 Å². The number of carbonyl (C=O) groups is 3. The number of ether oxygens (including phenoxy) is 2. The molecule has 0 saturated carbocycles. The quantitative estimate of drug-likeness (QED) is 0.529. The first-order chi connectivity index (χ1) is 12.8. The number of nitrogens with one attached hydrogen (secondary N) is 2. The third kappa shape index (κ3) is 5.35. The Kier molecular flexibility index (Phi) is 6.62. The van der Waals surface area contributed by atoms with Crippen molar-refractivity contribution in [2.45, 2.75) is 6.92 Å². The molecule has 0 aliphatic heterocycles. The van der Waals surface area contributed by atoms with E-state index in [4.69, 9.17) is 21.1 Å². The molecule has 0 spiro atoms. The zero-order chi connectivity index (χ0) is 20.0. The molecule has 0 fully saturated rings. The number of hydrogen-bond donors (Lipinski definition) is 3. The second-order valence-corrected chi connectivity index (χ2v) is 5.88. The van der Waals surface area contributed by atoms with E-state index < -0.39 is 24.4 Å². The van der Waals surface area contributed by atoms with Gasteiger partial charge in [0.2, 0.25) is 0 Å². The predicted molar refractivity (Wildman–Crippen MR) is 96.7 cm³/mol. The van der Waals surface area contributed by atoms with E-state index in [0.29, 0.717) is 5.02 Å². The number of carbonyl (C=O) groups excluding carboxylic acids is 3. The van der Waals surface area contributed by atoms with Crippen molar-refractivity contribution in [2.75, 3.05) is 13.7 Å². The lowest BCUT2D eigenvalue weighted by Crippen LogP contribution is -2.43. The lowest BCUT2D eigenvalue weighted by Gasteiger charge is -2.11. The Hall–Kier alpha value is -3.26. The molecule has 3 N–H and O–H groups in total. The molecule has 0 saturated heterocycles. The molecular weight excluding hydrogens is 376 g/mol.